The van der Waals surface area contributed by atoms with Crippen LogP contribution in [0.2, 0.25) is 0 Å². The maximum absolute atomic E-state index is 11.8. The molecule has 1 atom stereocenters. The van der Waals surface area contributed by atoms with Crippen molar-refractivity contribution in [2.24, 2.45) is 0 Å². The fraction of sp³-hybridized carbons (Fsp3) is 0.926. The van der Waals surface area contributed by atoms with Gasteiger partial charge in [-0.2, -0.15) is 0 Å². The molecular formula is C27H57NO4P+. The van der Waals surface area contributed by atoms with Gasteiger partial charge in [-0.25, -0.2) is 0 Å². The Kier molecular flexibility index (Phi) is 18.9. The Balaban J connectivity index is 3.58. The standard InChI is InChI=1S/C27H56NO4P/c1-5-6-7-8-9-10-11-12-13-14-15-16-17-18-19-20-21-22-23-24-25-27(29,33(30,31)32)26-28(2,3)4/h16-17,29H,5-15,18-26H2,1-4H3,(H-,30,31,32)/p+1/b17-16-. The zero-order valence-electron chi connectivity index (χ0n) is 22.4. The largest absolute Gasteiger partial charge is 0.373 e. The van der Waals surface area contributed by atoms with Gasteiger partial charge in [0.25, 0.3) is 0 Å². The van der Waals surface area contributed by atoms with Gasteiger partial charge in [-0.3, -0.25) is 4.57 Å². The van der Waals surface area contributed by atoms with Crippen LogP contribution >= 0.6 is 7.60 Å². The zero-order chi connectivity index (χ0) is 25.1. The van der Waals surface area contributed by atoms with E-state index in [0.717, 1.165) is 25.7 Å². The summed E-state index contributed by atoms with van der Waals surface area (Å²) in [6, 6.07) is 0. The van der Waals surface area contributed by atoms with Gasteiger partial charge in [-0.15, -0.1) is 0 Å². The van der Waals surface area contributed by atoms with Crippen molar-refractivity contribution in [2.45, 2.75) is 134 Å². The van der Waals surface area contributed by atoms with Crippen molar-refractivity contribution >= 4 is 7.60 Å². The highest BCUT2D eigenvalue weighted by Gasteiger charge is 2.48. The molecule has 0 fully saturated rings. The number of nitrogens with zero attached hydrogens (tertiary/aromatic N) is 1. The van der Waals surface area contributed by atoms with Crippen LogP contribution < -0.4 is 0 Å². The van der Waals surface area contributed by atoms with Crippen LogP contribution in [0.4, 0.5) is 0 Å². The summed E-state index contributed by atoms with van der Waals surface area (Å²) in [4.78, 5) is 19.2. The number of rotatable bonds is 23. The second kappa shape index (κ2) is 19.1. The monoisotopic (exact) mass is 490 g/mol. The van der Waals surface area contributed by atoms with E-state index >= 15 is 0 Å². The summed E-state index contributed by atoms with van der Waals surface area (Å²) < 4.78 is 12.1. The van der Waals surface area contributed by atoms with Crippen molar-refractivity contribution in [3.05, 3.63) is 12.2 Å². The molecule has 5 nitrogen and oxygen atoms in total. The number of allylic oxidation sites excluding steroid dienone is 2. The molecule has 0 aromatic rings. The lowest BCUT2D eigenvalue weighted by Crippen LogP contribution is -2.49. The van der Waals surface area contributed by atoms with Crippen LogP contribution in [-0.2, 0) is 4.57 Å². The van der Waals surface area contributed by atoms with Gasteiger partial charge in [-0.1, -0.05) is 103 Å². The highest BCUT2D eigenvalue weighted by Crippen LogP contribution is 2.52. The third-order valence-electron chi connectivity index (χ3n) is 6.36. The quantitative estimate of drug-likeness (QED) is 0.0598. The first-order valence-electron chi connectivity index (χ1n) is 13.8. The molecular weight excluding hydrogens is 433 g/mol. The third-order valence-corrected chi connectivity index (χ3v) is 7.81. The zero-order valence-corrected chi connectivity index (χ0v) is 23.3. The Morgan fingerprint density at radius 1 is 0.667 bits per heavy atom. The second-order valence-electron chi connectivity index (χ2n) is 11.1. The number of aliphatic hydroxyl groups is 1. The van der Waals surface area contributed by atoms with Crippen molar-refractivity contribution in [3.63, 3.8) is 0 Å². The van der Waals surface area contributed by atoms with Gasteiger partial charge in [0.15, 0.2) is 0 Å². The lowest BCUT2D eigenvalue weighted by Gasteiger charge is -2.35. The highest BCUT2D eigenvalue weighted by atomic mass is 31.2. The van der Waals surface area contributed by atoms with Gasteiger partial charge in [0.05, 0.1) is 21.1 Å². The molecule has 6 heteroatoms. The van der Waals surface area contributed by atoms with Gasteiger partial charge >= 0.3 is 7.60 Å². The first-order valence-corrected chi connectivity index (χ1v) is 15.4. The third kappa shape index (κ3) is 19.8. The van der Waals surface area contributed by atoms with Crippen molar-refractivity contribution in [3.8, 4) is 0 Å². The van der Waals surface area contributed by atoms with Crippen LogP contribution in [0.5, 0.6) is 0 Å². The summed E-state index contributed by atoms with van der Waals surface area (Å²) in [6.07, 6.45) is 27.3. The van der Waals surface area contributed by atoms with E-state index in [0.29, 0.717) is 10.9 Å². The molecule has 3 N–H and O–H groups in total. The molecule has 0 aliphatic heterocycles. The predicted molar refractivity (Wildman–Crippen MR) is 142 cm³/mol. The molecule has 0 saturated carbocycles. The second-order valence-corrected chi connectivity index (χ2v) is 13.0. The Bertz CT molecular complexity index is 527. The maximum atomic E-state index is 11.8. The van der Waals surface area contributed by atoms with E-state index in [9.17, 15) is 19.5 Å². The normalized spacial score (nSPS) is 14.8. The first-order chi connectivity index (χ1) is 15.5. The molecule has 0 radical (unpaired) electrons. The molecule has 0 amide bonds. The van der Waals surface area contributed by atoms with Crippen molar-refractivity contribution < 1.29 is 23.9 Å². The highest BCUT2D eigenvalue weighted by molar-refractivity contribution is 7.53. The maximum Gasteiger partial charge on any atom is 0.362 e. The van der Waals surface area contributed by atoms with Crippen molar-refractivity contribution in [2.75, 3.05) is 27.7 Å². The summed E-state index contributed by atoms with van der Waals surface area (Å²) in [5.74, 6) is 0. The lowest BCUT2D eigenvalue weighted by molar-refractivity contribution is -0.875. The molecule has 0 aromatic heterocycles. The summed E-state index contributed by atoms with van der Waals surface area (Å²) >= 11 is 0. The van der Waals surface area contributed by atoms with Crippen molar-refractivity contribution in [1.29, 1.82) is 0 Å². The predicted octanol–water partition coefficient (Wildman–Crippen LogP) is 7.55. The molecule has 0 heterocycles. The first kappa shape index (κ1) is 32.8. The van der Waals surface area contributed by atoms with E-state index in [1.807, 2.05) is 21.1 Å². The van der Waals surface area contributed by atoms with Crippen LogP contribution in [0.3, 0.4) is 0 Å². The smallest absolute Gasteiger partial charge is 0.362 e. The van der Waals surface area contributed by atoms with E-state index in [4.69, 9.17) is 0 Å². The molecule has 1 unspecified atom stereocenters. The average Bonchev–Trinajstić information content (AvgIpc) is 2.70. The Labute approximate surface area is 205 Å². The number of unbranched alkanes of at least 4 members (excludes halogenated alkanes) is 16. The van der Waals surface area contributed by atoms with E-state index in [1.165, 1.54) is 83.5 Å². The minimum atomic E-state index is -4.55. The Morgan fingerprint density at radius 3 is 1.39 bits per heavy atom. The number of hydrogen-bond acceptors (Lipinski definition) is 2. The van der Waals surface area contributed by atoms with Crippen LogP contribution in [-0.4, -0.2) is 52.4 Å². The molecule has 0 rings (SSSR count). The summed E-state index contributed by atoms with van der Waals surface area (Å²) in [5.41, 5.74) is 0. The molecule has 0 bridgehead atoms. The van der Waals surface area contributed by atoms with Gasteiger partial charge < -0.3 is 19.4 Å². The molecule has 0 aliphatic rings. The Hall–Kier alpha value is -0.190. The van der Waals surface area contributed by atoms with Crippen LogP contribution in [0.1, 0.15) is 129 Å². The molecule has 0 aliphatic carbocycles. The number of hydrogen-bond donors (Lipinski definition) is 3. The van der Waals surface area contributed by atoms with E-state index in [2.05, 4.69) is 19.1 Å². The van der Waals surface area contributed by atoms with Gasteiger partial charge in [0.2, 0.25) is 5.34 Å². The minimum absolute atomic E-state index is 0.0583. The van der Waals surface area contributed by atoms with E-state index in [1.54, 1.807) is 0 Å². The molecule has 0 saturated heterocycles. The van der Waals surface area contributed by atoms with Gasteiger partial charge in [0.1, 0.15) is 6.54 Å². The topological polar surface area (TPSA) is 77.8 Å². The van der Waals surface area contributed by atoms with Crippen LogP contribution in [0.15, 0.2) is 12.2 Å². The van der Waals surface area contributed by atoms with Gasteiger partial charge in [0, 0.05) is 0 Å². The molecule has 33 heavy (non-hydrogen) atoms. The van der Waals surface area contributed by atoms with Crippen LogP contribution in [0, 0.1) is 0 Å². The SMILES string of the molecule is CCCCCCCCCCCC/C=C\CCCCCCCCC(O)(C[N+](C)(C)C)P(=O)(O)O. The number of likely N-dealkylation sites (N-methyl/N-ethyl adjacent to an activating group) is 1. The fourth-order valence-electron chi connectivity index (χ4n) is 4.44. The summed E-state index contributed by atoms with van der Waals surface area (Å²) in [5, 5.41) is 8.64. The minimum Gasteiger partial charge on any atom is -0.373 e. The van der Waals surface area contributed by atoms with E-state index in [-0.39, 0.29) is 13.0 Å². The van der Waals surface area contributed by atoms with E-state index < -0.39 is 12.9 Å². The molecule has 0 aromatic carbocycles. The summed E-state index contributed by atoms with van der Waals surface area (Å²) in [7, 11) is 0.972. The lowest BCUT2D eigenvalue weighted by atomic mass is 10.0. The van der Waals surface area contributed by atoms with Crippen molar-refractivity contribution in [1.82, 2.24) is 0 Å². The average molecular weight is 491 g/mol. The molecule has 198 valence electrons. The molecule has 0 spiro atoms. The number of quaternary nitrogens is 1. The Morgan fingerprint density at radius 2 is 1.03 bits per heavy atom. The van der Waals surface area contributed by atoms with Gasteiger partial charge in [-0.05, 0) is 38.5 Å². The fourth-order valence-corrected chi connectivity index (χ4v) is 5.50. The summed E-state index contributed by atoms with van der Waals surface area (Å²) in [6.45, 7) is 2.33. The van der Waals surface area contributed by atoms with Crippen LogP contribution in [0.25, 0.3) is 0 Å².